The normalized spacial score (nSPS) is 16.5. The summed E-state index contributed by atoms with van der Waals surface area (Å²) in [6, 6.07) is 8.51. The molecule has 7 heteroatoms. The average Bonchev–Trinajstić information content (AvgIpc) is 3.13. The zero-order valence-corrected chi connectivity index (χ0v) is 16.3. The minimum atomic E-state index is 0. The Hall–Kier alpha value is -1.14. The topological polar surface area (TPSA) is 59.2 Å². The lowest BCUT2D eigenvalue weighted by Gasteiger charge is -2.14. The first-order valence-corrected chi connectivity index (χ1v) is 8.51. The monoisotopic (exact) mass is 387 g/mol. The van der Waals surface area contributed by atoms with Gasteiger partial charge in [0.15, 0.2) is 0 Å². The van der Waals surface area contributed by atoms with E-state index in [4.69, 9.17) is 5.73 Å². The molecule has 3 rings (SSSR count). The average molecular weight is 388 g/mol. The zero-order chi connectivity index (χ0) is 15.7. The van der Waals surface area contributed by atoms with Gasteiger partial charge in [-0.25, -0.2) is 4.98 Å². The van der Waals surface area contributed by atoms with E-state index in [2.05, 4.69) is 36.2 Å². The molecule has 24 heavy (non-hydrogen) atoms. The van der Waals surface area contributed by atoms with Crippen molar-refractivity contribution in [3.05, 3.63) is 40.4 Å². The summed E-state index contributed by atoms with van der Waals surface area (Å²) >= 11 is 1.48. The number of hydrogen-bond acceptors (Lipinski definition) is 4. The lowest BCUT2D eigenvalue weighted by Crippen LogP contribution is -2.31. The third-order valence-corrected chi connectivity index (χ3v) is 5.31. The molecule has 0 aliphatic carbocycles. The largest absolute Gasteiger partial charge is 0.336 e. The van der Waals surface area contributed by atoms with Crippen LogP contribution in [0.2, 0.25) is 0 Å². The summed E-state index contributed by atoms with van der Waals surface area (Å²) < 4.78 is 0. The highest BCUT2D eigenvalue weighted by Crippen LogP contribution is 2.29. The van der Waals surface area contributed by atoms with Crippen LogP contribution in [0.4, 0.5) is 0 Å². The predicted molar refractivity (Wildman–Crippen MR) is 105 cm³/mol. The van der Waals surface area contributed by atoms with Gasteiger partial charge in [-0.2, -0.15) is 0 Å². The number of rotatable bonds is 3. The molecule has 4 nitrogen and oxygen atoms in total. The van der Waals surface area contributed by atoms with Crippen molar-refractivity contribution in [3.8, 4) is 10.6 Å². The Morgan fingerprint density at radius 3 is 2.54 bits per heavy atom. The van der Waals surface area contributed by atoms with E-state index < -0.39 is 0 Å². The number of benzene rings is 1. The van der Waals surface area contributed by atoms with E-state index in [-0.39, 0.29) is 36.8 Å². The number of aromatic nitrogens is 1. The van der Waals surface area contributed by atoms with Crippen molar-refractivity contribution in [3.63, 3.8) is 0 Å². The van der Waals surface area contributed by atoms with E-state index in [0.717, 1.165) is 40.5 Å². The number of hydrogen-bond donors (Lipinski definition) is 1. The smallest absolute Gasteiger partial charge is 0.265 e. The van der Waals surface area contributed by atoms with Crippen molar-refractivity contribution in [1.82, 2.24) is 9.88 Å². The Bertz CT molecular complexity index is 688. The summed E-state index contributed by atoms with van der Waals surface area (Å²) in [5.41, 5.74) is 9.08. The van der Waals surface area contributed by atoms with Crippen LogP contribution in [0.15, 0.2) is 24.3 Å². The fourth-order valence-corrected chi connectivity index (χ4v) is 3.76. The van der Waals surface area contributed by atoms with Crippen LogP contribution in [0.1, 0.15) is 34.3 Å². The number of amides is 1. The summed E-state index contributed by atoms with van der Waals surface area (Å²) in [6.07, 6.45) is 1.91. The number of aryl methyl sites for hydroxylation is 2. The molecular formula is C17H23Cl2N3OS. The minimum absolute atomic E-state index is 0. The molecule has 132 valence electrons. The molecule has 1 amide bonds. The molecule has 1 atom stereocenters. The zero-order valence-electron chi connectivity index (χ0n) is 13.8. The second kappa shape index (κ2) is 8.81. The lowest BCUT2D eigenvalue weighted by atomic mass is 10.1. The SMILES string of the molecule is CCc1ccc(-c2nc(C)c(C(=O)N3CC[C@H](N)C3)s2)cc1.Cl.Cl. The van der Waals surface area contributed by atoms with Gasteiger partial charge < -0.3 is 10.6 Å². The van der Waals surface area contributed by atoms with Gasteiger partial charge in [-0.1, -0.05) is 31.2 Å². The number of halogens is 2. The molecule has 0 saturated carbocycles. The van der Waals surface area contributed by atoms with Gasteiger partial charge in [-0.05, 0) is 25.3 Å². The third-order valence-electron chi connectivity index (χ3n) is 4.11. The number of carbonyl (C=O) groups excluding carboxylic acids is 1. The quantitative estimate of drug-likeness (QED) is 0.872. The highest BCUT2D eigenvalue weighted by atomic mass is 35.5. The summed E-state index contributed by atoms with van der Waals surface area (Å²) in [4.78, 5) is 19.8. The van der Waals surface area contributed by atoms with E-state index in [0.29, 0.717) is 6.54 Å². The van der Waals surface area contributed by atoms with Gasteiger partial charge in [0.2, 0.25) is 0 Å². The number of nitrogens with two attached hydrogens (primary N) is 1. The molecule has 1 aromatic carbocycles. The number of nitrogens with zero attached hydrogens (tertiary/aromatic N) is 2. The first-order chi connectivity index (χ1) is 10.6. The highest BCUT2D eigenvalue weighted by molar-refractivity contribution is 7.17. The summed E-state index contributed by atoms with van der Waals surface area (Å²) in [5, 5.41) is 0.909. The van der Waals surface area contributed by atoms with Crippen LogP contribution in [0, 0.1) is 6.92 Å². The van der Waals surface area contributed by atoms with Crippen molar-refractivity contribution < 1.29 is 4.79 Å². The first kappa shape index (κ1) is 20.9. The van der Waals surface area contributed by atoms with Gasteiger partial charge in [0.1, 0.15) is 9.88 Å². The fraction of sp³-hybridized carbons (Fsp3) is 0.412. The molecule has 1 fully saturated rings. The van der Waals surface area contributed by atoms with Crippen LogP contribution >= 0.6 is 36.2 Å². The molecular weight excluding hydrogens is 365 g/mol. The van der Waals surface area contributed by atoms with Crippen LogP contribution < -0.4 is 5.73 Å². The fourth-order valence-electron chi connectivity index (χ4n) is 2.72. The van der Waals surface area contributed by atoms with Crippen molar-refractivity contribution in [2.75, 3.05) is 13.1 Å². The Kier molecular flexibility index (Phi) is 7.67. The first-order valence-electron chi connectivity index (χ1n) is 7.70. The molecule has 0 spiro atoms. The van der Waals surface area contributed by atoms with Gasteiger partial charge in [-0.15, -0.1) is 36.2 Å². The molecule has 0 unspecified atom stereocenters. The van der Waals surface area contributed by atoms with Crippen molar-refractivity contribution in [1.29, 1.82) is 0 Å². The summed E-state index contributed by atoms with van der Waals surface area (Å²) in [6.45, 7) is 5.44. The lowest BCUT2D eigenvalue weighted by molar-refractivity contribution is 0.0794. The number of carbonyl (C=O) groups is 1. The maximum atomic E-state index is 12.6. The van der Waals surface area contributed by atoms with Crippen LogP contribution in [0.5, 0.6) is 0 Å². The minimum Gasteiger partial charge on any atom is -0.336 e. The molecule has 1 aromatic heterocycles. The van der Waals surface area contributed by atoms with Crippen LogP contribution in [0.3, 0.4) is 0 Å². The molecule has 1 aliphatic rings. The molecule has 2 N–H and O–H groups in total. The number of thiazole rings is 1. The van der Waals surface area contributed by atoms with Gasteiger partial charge in [0.25, 0.3) is 5.91 Å². The summed E-state index contributed by atoms with van der Waals surface area (Å²) in [7, 11) is 0. The Balaban J connectivity index is 0.00000144. The molecule has 0 radical (unpaired) electrons. The third kappa shape index (κ3) is 4.28. The second-order valence-electron chi connectivity index (χ2n) is 5.78. The van der Waals surface area contributed by atoms with Crippen molar-refractivity contribution >= 4 is 42.1 Å². The van der Waals surface area contributed by atoms with Gasteiger partial charge in [0.05, 0.1) is 5.69 Å². The summed E-state index contributed by atoms with van der Waals surface area (Å²) in [5.74, 6) is 0.0689. The van der Waals surface area contributed by atoms with E-state index in [1.54, 1.807) is 0 Å². The van der Waals surface area contributed by atoms with Gasteiger partial charge in [-0.3, -0.25) is 4.79 Å². The van der Waals surface area contributed by atoms with Gasteiger partial charge >= 0.3 is 0 Å². The maximum Gasteiger partial charge on any atom is 0.265 e. The molecule has 1 saturated heterocycles. The molecule has 2 aromatic rings. The second-order valence-corrected chi connectivity index (χ2v) is 6.78. The number of likely N-dealkylation sites (tertiary alicyclic amines) is 1. The van der Waals surface area contributed by atoms with E-state index in [9.17, 15) is 4.79 Å². The Morgan fingerprint density at radius 1 is 1.33 bits per heavy atom. The van der Waals surface area contributed by atoms with Crippen molar-refractivity contribution in [2.45, 2.75) is 32.7 Å². The van der Waals surface area contributed by atoms with E-state index >= 15 is 0 Å². The molecule has 0 bridgehead atoms. The Labute approximate surface area is 159 Å². The Morgan fingerprint density at radius 2 is 2.00 bits per heavy atom. The molecule has 2 heterocycles. The van der Waals surface area contributed by atoms with Crippen LogP contribution in [0.25, 0.3) is 10.6 Å². The van der Waals surface area contributed by atoms with Crippen LogP contribution in [-0.2, 0) is 6.42 Å². The standard InChI is InChI=1S/C17H21N3OS.2ClH/c1-3-12-4-6-13(7-5-12)16-19-11(2)15(22-16)17(21)20-9-8-14(18)10-20;;/h4-7,14H,3,8-10,18H2,1-2H3;2*1H/t14-;;/m0../s1. The van der Waals surface area contributed by atoms with Crippen LogP contribution in [-0.4, -0.2) is 34.9 Å². The van der Waals surface area contributed by atoms with E-state index in [1.165, 1.54) is 16.9 Å². The predicted octanol–water partition coefficient (Wildman–Crippen LogP) is 3.70. The highest BCUT2D eigenvalue weighted by Gasteiger charge is 2.27. The van der Waals surface area contributed by atoms with Crippen molar-refractivity contribution in [2.24, 2.45) is 5.73 Å². The maximum absolute atomic E-state index is 12.6. The molecule has 1 aliphatic heterocycles. The van der Waals surface area contributed by atoms with E-state index in [1.807, 2.05) is 11.8 Å². The van der Waals surface area contributed by atoms with Gasteiger partial charge in [0, 0.05) is 24.7 Å².